The van der Waals surface area contributed by atoms with Gasteiger partial charge in [0.25, 0.3) is 0 Å². The van der Waals surface area contributed by atoms with Gasteiger partial charge in [-0.25, -0.2) is 4.90 Å². The number of imide groups is 1. The summed E-state index contributed by atoms with van der Waals surface area (Å²) in [5.74, 6) is -3.11. The first-order valence-electron chi connectivity index (χ1n) is 10.2. The third-order valence-electron chi connectivity index (χ3n) is 7.10. The number of carbonyl (C=O) groups is 2. The predicted molar refractivity (Wildman–Crippen MR) is 123 cm³/mol. The molecule has 2 unspecified atom stereocenters. The zero-order valence-corrected chi connectivity index (χ0v) is 19.0. The van der Waals surface area contributed by atoms with E-state index in [0.29, 0.717) is 31.9 Å². The highest BCUT2D eigenvalue weighted by Crippen LogP contribution is 2.65. The van der Waals surface area contributed by atoms with Gasteiger partial charge in [-0.2, -0.15) is 0 Å². The van der Waals surface area contributed by atoms with Crippen LogP contribution in [0.2, 0.25) is 15.1 Å². The Hall–Kier alpha value is -2.37. The number of anilines is 1. The number of aryl methyl sites for hydroxylation is 1. The van der Waals surface area contributed by atoms with Gasteiger partial charge in [0.15, 0.2) is 0 Å². The molecule has 2 amide bonds. The highest BCUT2D eigenvalue weighted by atomic mass is 35.5. The Balaban J connectivity index is 1.64. The summed E-state index contributed by atoms with van der Waals surface area (Å²) in [7, 11) is 0. The second kappa shape index (κ2) is 6.58. The molecule has 1 heterocycles. The number of hydrogen-bond acceptors (Lipinski definition) is 3. The van der Waals surface area contributed by atoms with Crippen LogP contribution >= 0.6 is 34.8 Å². The zero-order valence-electron chi connectivity index (χ0n) is 16.8. The largest absolute Gasteiger partial charge is 0.379 e. The minimum Gasteiger partial charge on any atom is -0.379 e. The average molecular weight is 485 g/mol. The van der Waals surface area contributed by atoms with Gasteiger partial charge in [0.1, 0.15) is 5.60 Å². The van der Waals surface area contributed by atoms with Crippen molar-refractivity contribution < 1.29 is 14.7 Å². The molecule has 0 radical (unpaired) electrons. The van der Waals surface area contributed by atoms with E-state index in [9.17, 15) is 14.7 Å². The van der Waals surface area contributed by atoms with Gasteiger partial charge in [-0.3, -0.25) is 9.59 Å². The maximum atomic E-state index is 13.8. The summed E-state index contributed by atoms with van der Waals surface area (Å²) in [5.41, 5.74) is 1.82. The lowest BCUT2D eigenvalue weighted by atomic mass is 9.52. The second-order valence-corrected chi connectivity index (χ2v) is 9.82. The molecule has 0 aromatic heterocycles. The van der Waals surface area contributed by atoms with E-state index >= 15 is 0 Å². The van der Waals surface area contributed by atoms with Crippen LogP contribution < -0.4 is 4.90 Å². The lowest BCUT2D eigenvalue weighted by Gasteiger charge is -2.51. The van der Waals surface area contributed by atoms with Crippen molar-refractivity contribution in [2.45, 2.75) is 18.4 Å². The van der Waals surface area contributed by atoms with Crippen molar-refractivity contribution in [1.82, 2.24) is 0 Å². The molecule has 7 heteroatoms. The van der Waals surface area contributed by atoms with Crippen LogP contribution in [0, 0.1) is 18.8 Å². The Morgan fingerprint density at radius 2 is 1.44 bits per heavy atom. The fraction of sp³-hybridized carbons (Fsp3) is 0.200. The second-order valence-electron chi connectivity index (χ2n) is 8.60. The molecule has 0 saturated carbocycles. The number of rotatable bonds is 1. The maximum absolute atomic E-state index is 13.8. The number of carbonyl (C=O) groups excluding carboxylic acids is 2. The zero-order chi connectivity index (χ0) is 22.5. The van der Waals surface area contributed by atoms with Crippen LogP contribution in [0.5, 0.6) is 0 Å². The Morgan fingerprint density at radius 3 is 2.00 bits per heavy atom. The Bertz CT molecular complexity index is 1320. The van der Waals surface area contributed by atoms with Gasteiger partial charge in [-0.1, -0.05) is 65.1 Å². The van der Waals surface area contributed by atoms with Crippen LogP contribution in [0.25, 0.3) is 0 Å². The normalized spacial score (nSPS) is 27.4. The minimum atomic E-state index is -1.82. The fourth-order valence-electron chi connectivity index (χ4n) is 5.84. The molecule has 0 spiro atoms. The fourth-order valence-corrected chi connectivity index (χ4v) is 6.66. The van der Waals surface area contributed by atoms with E-state index in [1.807, 2.05) is 19.1 Å². The highest BCUT2D eigenvalue weighted by Gasteiger charge is 2.69. The molecule has 3 aromatic rings. The van der Waals surface area contributed by atoms with Gasteiger partial charge < -0.3 is 5.11 Å². The van der Waals surface area contributed by atoms with Crippen molar-refractivity contribution in [1.29, 1.82) is 0 Å². The Labute approximate surface area is 199 Å². The number of aliphatic hydroxyl groups is 1. The van der Waals surface area contributed by atoms with Gasteiger partial charge in [-0.05, 0) is 47.9 Å². The summed E-state index contributed by atoms with van der Waals surface area (Å²) in [6.45, 7) is 1.85. The molecule has 1 saturated heterocycles. The van der Waals surface area contributed by atoms with Crippen molar-refractivity contribution in [2.24, 2.45) is 11.8 Å². The Morgan fingerprint density at radius 1 is 0.844 bits per heavy atom. The molecule has 32 heavy (non-hydrogen) atoms. The smallest absolute Gasteiger partial charge is 0.241 e. The molecule has 7 rings (SSSR count). The first-order valence-corrected chi connectivity index (χ1v) is 11.3. The topological polar surface area (TPSA) is 57.6 Å². The quantitative estimate of drug-likeness (QED) is 0.467. The number of halogens is 3. The maximum Gasteiger partial charge on any atom is 0.241 e. The van der Waals surface area contributed by atoms with Crippen LogP contribution in [0.4, 0.5) is 5.69 Å². The molecule has 2 atom stereocenters. The van der Waals surface area contributed by atoms with Gasteiger partial charge in [-0.15, -0.1) is 0 Å². The number of amides is 2. The summed E-state index contributed by atoms with van der Waals surface area (Å²) in [6, 6.07) is 15.7. The average Bonchev–Trinajstić information content (AvgIpc) is 3.02. The summed E-state index contributed by atoms with van der Waals surface area (Å²) in [4.78, 5) is 28.7. The molecule has 160 valence electrons. The highest BCUT2D eigenvalue weighted by molar-refractivity contribution is 6.34. The predicted octanol–water partition coefficient (Wildman–Crippen LogP) is 5.46. The van der Waals surface area contributed by atoms with Crippen molar-refractivity contribution in [3.8, 4) is 0 Å². The molecule has 1 aliphatic heterocycles. The third-order valence-corrected chi connectivity index (χ3v) is 8.14. The van der Waals surface area contributed by atoms with Crippen molar-refractivity contribution >= 4 is 52.3 Å². The van der Waals surface area contributed by atoms with E-state index in [-0.39, 0.29) is 5.91 Å². The molecule has 1 N–H and O–H groups in total. The molecule has 2 bridgehead atoms. The van der Waals surface area contributed by atoms with Crippen molar-refractivity contribution in [2.75, 3.05) is 4.90 Å². The molecule has 4 aliphatic rings. The number of hydrogen-bond donors (Lipinski definition) is 1. The Kier molecular flexibility index (Phi) is 4.16. The van der Waals surface area contributed by atoms with Crippen LogP contribution in [-0.4, -0.2) is 16.9 Å². The summed E-state index contributed by atoms with van der Waals surface area (Å²) in [6.07, 6.45) is 0. The third kappa shape index (κ3) is 2.28. The summed E-state index contributed by atoms with van der Waals surface area (Å²) in [5, 5.41) is 13.5. The molecular formula is C25H16Cl3NO3. The van der Waals surface area contributed by atoms with Crippen molar-refractivity contribution in [3.63, 3.8) is 0 Å². The molecule has 4 nitrogen and oxygen atoms in total. The van der Waals surface area contributed by atoms with Crippen LogP contribution in [0.15, 0.2) is 54.6 Å². The standard InChI is InChI=1S/C25H16Cl3NO3/c1-11-8-9-12(10-17(11)28)29-23(30)19-18-13-4-2-6-15(26)20(13)25(32,22(19)24(29)31)21-14(18)5-3-7-16(21)27/h2-10,18-19,22,32H,1H3. The van der Waals surface area contributed by atoms with Gasteiger partial charge in [0, 0.05) is 32.1 Å². The van der Waals surface area contributed by atoms with E-state index in [2.05, 4.69) is 0 Å². The van der Waals surface area contributed by atoms with E-state index in [0.717, 1.165) is 21.6 Å². The van der Waals surface area contributed by atoms with E-state index < -0.39 is 29.3 Å². The monoisotopic (exact) mass is 483 g/mol. The SMILES string of the molecule is Cc1ccc(N2C(=O)C3C4c5cccc(Cl)c5C(O)(c5c(Cl)cccc54)C3C2=O)cc1Cl. The van der Waals surface area contributed by atoms with Crippen molar-refractivity contribution in [3.05, 3.63) is 97.5 Å². The van der Waals surface area contributed by atoms with Crippen LogP contribution in [0.3, 0.4) is 0 Å². The van der Waals surface area contributed by atoms with E-state index in [1.54, 1.807) is 42.5 Å². The van der Waals surface area contributed by atoms with Crippen LogP contribution in [0.1, 0.15) is 33.7 Å². The summed E-state index contributed by atoms with van der Waals surface area (Å²) >= 11 is 19.5. The molecule has 1 fully saturated rings. The van der Waals surface area contributed by atoms with Gasteiger partial charge >= 0.3 is 0 Å². The van der Waals surface area contributed by atoms with Crippen LogP contribution in [-0.2, 0) is 15.2 Å². The van der Waals surface area contributed by atoms with E-state index in [4.69, 9.17) is 34.8 Å². The first kappa shape index (κ1) is 20.3. The minimum absolute atomic E-state index is 0.344. The molecule has 3 aromatic carbocycles. The lowest BCUT2D eigenvalue weighted by Crippen LogP contribution is -2.54. The number of benzene rings is 3. The molecular weight excluding hydrogens is 469 g/mol. The van der Waals surface area contributed by atoms with E-state index in [1.165, 1.54) is 0 Å². The van der Waals surface area contributed by atoms with Gasteiger partial charge in [0.05, 0.1) is 17.5 Å². The first-order chi connectivity index (χ1) is 15.3. The van der Waals surface area contributed by atoms with Gasteiger partial charge in [0.2, 0.25) is 11.8 Å². The lowest BCUT2D eigenvalue weighted by molar-refractivity contribution is -0.133. The molecule has 3 aliphatic carbocycles. The summed E-state index contributed by atoms with van der Waals surface area (Å²) < 4.78 is 0. The number of nitrogens with zero attached hydrogens (tertiary/aromatic N) is 1.